The predicted octanol–water partition coefficient (Wildman–Crippen LogP) is 5.19. The lowest BCUT2D eigenvalue weighted by Crippen LogP contribution is -1.87. The van der Waals surface area contributed by atoms with Crippen LogP contribution in [0.4, 0.5) is 0 Å². The van der Waals surface area contributed by atoms with Gasteiger partial charge < -0.3 is 4.57 Å². The summed E-state index contributed by atoms with van der Waals surface area (Å²) in [5.41, 5.74) is 4.12. The van der Waals surface area contributed by atoms with Crippen LogP contribution >= 0.6 is 23.2 Å². The van der Waals surface area contributed by atoms with Crippen molar-refractivity contribution in [2.24, 2.45) is 7.05 Å². The van der Waals surface area contributed by atoms with Crippen molar-refractivity contribution >= 4 is 56.0 Å². The minimum absolute atomic E-state index is 0.723. The standard InChI is InChI=1S/C16H10Cl2N2/c1-20-14-5-3-11(18)8-12(14)16-15(20)7-9-6-10(17)2-4-13(9)19-16/h2-8H,1H3. The second-order valence-electron chi connectivity index (χ2n) is 4.91. The fourth-order valence-corrected chi connectivity index (χ4v) is 3.06. The van der Waals surface area contributed by atoms with Gasteiger partial charge in [-0.1, -0.05) is 23.2 Å². The molecule has 2 aromatic heterocycles. The molecule has 0 N–H and O–H groups in total. The van der Waals surface area contributed by atoms with E-state index in [9.17, 15) is 0 Å². The summed E-state index contributed by atoms with van der Waals surface area (Å²) < 4.78 is 2.13. The van der Waals surface area contributed by atoms with Crippen LogP contribution in [-0.4, -0.2) is 9.55 Å². The van der Waals surface area contributed by atoms with Crippen LogP contribution in [0.2, 0.25) is 10.0 Å². The molecule has 98 valence electrons. The smallest absolute Gasteiger partial charge is 0.0967 e. The Labute approximate surface area is 125 Å². The Balaban J connectivity index is 2.25. The zero-order valence-corrected chi connectivity index (χ0v) is 12.2. The summed E-state index contributed by atoms with van der Waals surface area (Å²) in [6, 6.07) is 13.8. The molecule has 0 saturated carbocycles. The van der Waals surface area contributed by atoms with E-state index in [0.717, 1.165) is 42.9 Å². The minimum atomic E-state index is 0.723. The van der Waals surface area contributed by atoms with Gasteiger partial charge in [0.2, 0.25) is 0 Å². The van der Waals surface area contributed by atoms with Gasteiger partial charge in [-0.25, -0.2) is 4.98 Å². The number of hydrogen-bond acceptors (Lipinski definition) is 1. The van der Waals surface area contributed by atoms with Crippen LogP contribution in [0.15, 0.2) is 42.5 Å². The summed E-state index contributed by atoms with van der Waals surface area (Å²) in [4.78, 5) is 4.77. The molecule has 0 fully saturated rings. The summed E-state index contributed by atoms with van der Waals surface area (Å²) in [5.74, 6) is 0. The molecule has 4 aromatic rings. The number of aryl methyl sites for hydroxylation is 1. The molecule has 4 heteroatoms. The van der Waals surface area contributed by atoms with Gasteiger partial charge in [-0.15, -0.1) is 0 Å². The number of nitrogens with zero attached hydrogens (tertiary/aromatic N) is 2. The topological polar surface area (TPSA) is 17.8 Å². The van der Waals surface area contributed by atoms with Gasteiger partial charge in [0.05, 0.1) is 22.1 Å². The third-order valence-electron chi connectivity index (χ3n) is 3.69. The van der Waals surface area contributed by atoms with E-state index in [-0.39, 0.29) is 0 Å². The van der Waals surface area contributed by atoms with E-state index < -0.39 is 0 Å². The van der Waals surface area contributed by atoms with Crippen LogP contribution in [0.5, 0.6) is 0 Å². The fourth-order valence-electron chi connectivity index (χ4n) is 2.71. The average Bonchev–Trinajstić information content (AvgIpc) is 2.69. The number of hydrogen-bond donors (Lipinski definition) is 0. The van der Waals surface area contributed by atoms with E-state index in [2.05, 4.69) is 10.6 Å². The Kier molecular flexibility index (Phi) is 2.47. The van der Waals surface area contributed by atoms with Crippen molar-refractivity contribution < 1.29 is 0 Å². The molecule has 0 atom stereocenters. The van der Waals surface area contributed by atoms with Gasteiger partial charge in [0, 0.05) is 27.9 Å². The maximum Gasteiger partial charge on any atom is 0.0967 e. The summed E-state index contributed by atoms with van der Waals surface area (Å²) in [5, 5.41) is 3.57. The van der Waals surface area contributed by atoms with E-state index >= 15 is 0 Å². The zero-order valence-electron chi connectivity index (χ0n) is 10.7. The number of benzene rings is 2. The van der Waals surface area contributed by atoms with E-state index in [1.54, 1.807) is 0 Å². The Morgan fingerprint density at radius 2 is 1.65 bits per heavy atom. The molecule has 2 aromatic carbocycles. The maximum atomic E-state index is 6.11. The van der Waals surface area contributed by atoms with E-state index in [1.165, 1.54) is 0 Å². The van der Waals surface area contributed by atoms with Gasteiger partial charge in [-0.05, 0) is 42.5 Å². The first-order valence-electron chi connectivity index (χ1n) is 6.27. The summed E-state index contributed by atoms with van der Waals surface area (Å²) in [6.45, 7) is 0. The molecule has 0 aliphatic carbocycles. The largest absolute Gasteiger partial charge is 0.342 e. The molecule has 0 bridgehead atoms. The maximum absolute atomic E-state index is 6.11. The molecule has 0 radical (unpaired) electrons. The van der Waals surface area contributed by atoms with Crippen molar-refractivity contribution in [3.8, 4) is 0 Å². The van der Waals surface area contributed by atoms with Crippen LogP contribution in [0.25, 0.3) is 32.8 Å². The molecule has 0 aliphatic rings. The van der Waals surface area contributed by atoms with Crippen molar-refractivity contribution in [2.75, 3.05) is 0 Å². The number of pyridine rings is 1. The highest BCUT2D eigenvalue weighted by Crippen LogP contribution is 2.31. The molecule has 0 aliphatic heterocycles. The van der Waals surface area contributed by atoms with E-state index in [1.807, 2.05) is 43.4 Å². The van der Waals surface area contributed by atoms with Crippen LogP contribution in [0.3, 0.4) is 0 Å². The van der Waals surface area contributed by atoms with Crippen molar-refractivity contribution in [2.45, 2.75) is 0 Å². The van der Waals surface area contributed by atoms with Crippen molar-refractivity contribution in [1.82, 2.24) is 9.55 Å². The van der Waals surface area contributed by atoms with Crippen molar-refractivity contribution in [3.05, 3.63) is 52.5 Å². The molecule has 0 unspecified atom stereocenters. The molecular formula is C16H10Cl2N2. The van der Waals surface area contributed by atoms with Crippen molar-refractivity contribution in [3.63, 3.8) is 0 Å². The summed E-state index contributed by atoms with van der Waals surface area (Å²) in [6.07, 6.45) is 0. The minimum Gasteiger partial charge on any atom is -0.342 e. The lowest BCUT2D eigenvalue weighted by atomic mass is 10.2. The lowest BCUT2D eigenvalue weighted by Gasteiger charge is -2.01. The van der Waals surface area contributed by atoms with Crippen LogP contribution in [0.1, 0.15) is 0 Å². The molecular weight excluding hydrogens is 291 g/mol. The summed E-state index contributed by atoms with van der Waals surface area (Å²) in [7, 11) is 2.04. The molecule has 2 nitrogen and oxygen atoms in total. The third-order valence-corrected chi connectivity index (χ3v) is 4.16. The first kappa shape index (κ1) is 12.0. The van der Waals surface area contributed by atoms with Gasteiger partial charge in [-0.2, -0.15) is 0 Å². The molecule has 0 saturated heterocycles. The second-order valence-corrected chi connectivity index (χ2v) is 5.79. The van der Waals surface area contributed by atoms with Crippen LogP contribution < -0.4 is 0 Å². The Morgan fingerprint density at radius 1 is 0.900 bits per heavy atom. The molecule has 20 heavy (non-hydrogen) atoms. The van der Waals surface area contributed by atoms with Crippen LogP contribution in [-0.2, 0) is 7.05 Å². The molecule has 2 heterocycles. The quantitative estimate of drug-likeness (QED) is 0.437. The lowest BCUT2D eigenvalue weighted by molar-refractivity contribution is 1.01. The normalized spacial score (nSPS) is 11.8. The van der Waals surface area contributed by atoms with E-state index in [0.29, 0.717) is 0 Å². The van der Waals surface area contributed by atoms with Crippen molar-refractivity contribution in [1.29, 1.82) is 0 Å². The molecule has 4 rings (SSSR count). The molecule has 0 spiro atoms. The van der Waals surface area contributed by atoms with Gasteiger partial charge in [0.25, 0.3) is 0 Å². The SMILES string of the molecule is Cn1c2ccc(Cl)cc2c2nc3ccc(Cl)cc3cc21. The Morgan fingerprint density at radius 3 is 2.50 bits per heavy atom. The number of aromatic nitrogens is 2. The zero-order chi connectivity index (χ0) is 13.9. The second kappa shape index (κ2) is 4.11. The van der Waals surface area contributed by atoms with Gasteiger partial charge in [-0.3, -0.25) is 0 Å². The Hall–Kier alpha value is -1.77. The fraction of sp³-hybridized carbons (Fsp3) is 0.0625. The monoisotopic (exact) mass is 300 g/mol. The summed E-state index contributed by atoms with van der Waals surface area (Å²) >= 11 is 12.2. The highest BCUT2D eigenvalue weighted by Gasteiger charge is 2.11. The number of fused-ring (bicyclic) bond motifs is 4. The third kappa shape index (κ3) is 1.62. The van der Waals surface area contributed by atoms with E-state index in [4.69, 9.17) is 28.2 Å². The highest BCUT2D eigenvalue weighted by molar-refractivity contribution is 6.32. The Bertz CT molecular complexity index is 986. The first-order valence-corrected chi connectivity index (χ1v) is 7.03. The van der Waals surface area contributed by atoms with Gasteiger partial charge in [0.1, 0.15) is 0 Å². The first-order chi connectivity index (χ1) is 9.63. The average molecular weight is 301 g/mol. The number of rotatable bonds is 0. The highest BCUT2D eigenvalue weighted by atomic mass is 35.5. The molecule has 0 amide bonds. The van der Waals surface area contributed by atoms with Gasteiger partial charge >= 0.3 is 0 Å². The van der Waals surface area contributed by atoms with Crippen LogP contribution in [0, 0.1) is 0 Å². The predicted molar refractivity (Wildman–Crippen MR) is 85.7 cm³/mol. The van der Waals surface area contributed by atoms with Gasteiger partial charge in [0.15, 0.2) is 0 Å². The number of halogens is 2.